The molecular weight excluding hydrogens is 242 g/mol. The fourth-order valence-corrected chi connectivity index (χ4v) is 2.54. The molecule has 106 valence electrons. The van der Waals surface area contributed by atoms with E-state index >= 15 is 0 Å². The average molecular weight is 265 g/mol. The van der Waals surface area contributed by atoms with Crippen molar-refractivity contribution in [3.05, 3.63) is 18.2 Å². The molecule has 5 nitrogen and oxygen atoms in total. The zero-order valence-corrected chi connectivity index (χ0v) is 11.8. The summed E-state index contributed by atoms with van der Waals surface area (Å²) in [6.45, 7) is 8.32. The number of piperidine rings is 1. The van der Waals surface area contributed by atoms with Gasteiger partial charge in [0, 0.05) is 25.5 Å². The van der Waals surface area contributed by atoms with Crippen molar-refractivity contribution < 1.29 is 9.53 Å². The van der Waals surface area contributed by atoms with Crippen molar-refractivity contribution in [2.45, 2.75) is 33.2 Å². The van der Waals surface area contributed by atoms with Crippen molar-refractivity contribution >= 4 is 5.97 Å². The van der Waals surface area contributed by atoms with Gasteiger partial charge in [-0.1, -0.05) is 0 Å². The number of carbonyl (C=O) groups is 1. The molecule has 1 saturated heterocycles. The Labute approximate surface area is 114 Å². The van der Waals surface area contributed by atoms with Gasteiger partial charge in [-0.15, -0.1) is 0 Å². The number of aromatic nitrogens is 2. The van der Waals surface area contributed by atoms with E-state index < -0.39 is 0 Å². The van der Waals surface area contributed by atoms with E-state index in [-0.39, 0.29) is 11.9 Å². The van der Waals surface area contributed by atoms with Crippen molar-refractivity contribution in [2.75, 3.05) is 26.2 Å². The molecule has 5 heteroatoms. The van der Waals surface area contributed by atoms with Gasteiger partial charge in [0.05, 0.1) is 12.5 Å². The summed E-state index contributed by atoms with van der Waals surface area (Å²) in [5.41, 5.74) is 0. The van der Waals surface area contributed by atoms with Gasteiger partial charge in [-0.05, 0) is 39.8 Å². The average Bonchev–Trinajstić information content (AvgIpc) is 2.83. The van der Waals surface area contributed by atoms with E-state index in [9.17, 15) is 4.79 Å². The first-order valence-corrected chi connectivity index (χ1v) is 7.07. The van der Waals surface area contributed by atoms with Crippen LogP contribution >= 0.6 is 0 Å². The zero-order valence-electron chi connectivity index (χ0n) is 11.8. The summed E-state index contributed by atoms with van der Waals surface area (Å²) < 4.78 is 7.25. The normalized spacial score (nSPS) is 17.6. The van der Waals surface area contributed by atoms with Gasteiger partial charge in [-0.25, -0.2) is 4.98 Å². The fraction of sp³-hybridized carbons (Fsp3) is 0.714. The van der Waals surface area contributed by atoms with Gasteiger partial charge < -0.3 is 14.2 Å². The predicted octanol–water partition coefficient (Wildman–Crippen LogP) is 1.47. The molecule has 2 rings (SSSR count). The molecule has 1 aromatic rings. The maximum Gasteiger partial charge on any atom is 0.309 e. The molecule has 1 fully saturated rings. The van der Waals surface area contributed by atoms with Gasteiger partial charge in [0.2, 0.25) is 0 Å². The fourth-order valence-electron chi connectivity index (χ4n) is 2.54. The van der Waals surface area contributed by atoms with Crippen LogP contribution in [0.5, 0.6) is 0 Å². The number of aryl methyl sites for hydroxylation is 1. The molecule has 0 N–H and O–H groups in total. The van der Waals surface area contributed by atoms with Crippen LogP contribution in [0.25, 0.3) is 0 Å². The lowest BCUT2D eigenvalue weighted by Crippen LogP contribution is -2.38. The highest BCUT2D eigenvalue weighted by Crippen LogP contribution is 2.18. The smallest absolute Gasteiger partial charge is 0.309 e. The summed E-state index contributed by atoms with van der Waals surface area (Å²) in [7, 11) is 0. The molecule has 19 heavy (non-hydrogen) atoms. The van der Waals surface area contributed by atoms with Crippen molar-refractivity contribution in [1.82, 2.24) is 14.5 Å². The lowest BCUT2D eigenvalue weighted by molar-refractivity contribution is -0.149. The number of imidazole rings is 1. The van der Waals surface area contributed by atoms with E-state index in [1.807, 2.05) is 26.2 Å². The third kappa shape index (κ3) is 3.80. The number of hydrogen-bond donors (Lipinski definition) is 0. The van der Waals surface area contributed by atoms with Crippen LogP contribution in [-0.2, 0) is 16.1 Å². The highest BCUT2D eigenvalue weighted by molar-refractivity contribution is 5.72. The second kappa shape index (κ2) is 6.70. The van der Waals surface area contributed by atoms with E-state index in [1.165, 1.54) is 0 Å². The number of rotatable bonds is 5. The molecule has 0 bridgehead atoms. The standard InChI is InChI=1S/C14H23N3O2/c1-3-19-14(18)13-4-7-16(8-5-13)10-11-17-9-6-15-12(17)2/h6,9,13H,3-5,7-8,10-11H2,1-2H3. The number of carbonyl (C=O) groups excluding carboxylic acids is 1. The zero-order chi connectivity index (χ0) is 13.7. The monoisotopic (exact) mass is 265 g/mol. The van der Waals surface area contributed by atoms with E-state index in [1.54, 1.807) is 0 Å². The topological polar surface area (TPSA) is 47.4 Å². The summed E-state index contributed by atoms with van der Waals surface area (Å²) in [5.74, 6) is 1.14. The Bertz CT molecular complexity index is 409. The van der Waals surface area contributed by atoms with Crippen LogP contribution < -0.4 is 0 Å². The second-order valence-corrected chi connectivity index (χ2v) is 5.04. The highest BCUT2D eigenvalue weighted by atomic mass is 16.5. The van der Waals surface area contributed by atoms with E-state index in [4.69, 9.17) is 4.74 Å². The van der Waals surface area contributed by atoms with Gasteiger partial charge >= 0.3 is 5.97 Å². The number of esters is 1. The van der Waals surface area contributed by atoms with Crippen molar-refractivity contribution in [3.63, 3.8) is 0 Å². The van der Waals surface area contributed by atoms with E-state index in [0.29, 0.717) is 6.61 Å². The van der Waals surface area contributed by atoms with Gasteiger partial charge in [-0.2, -0.15) is 0 Å². The first-order chi connectivity index (χ1) is 9.20. The molecule has 1 aliphatic heterocycles. The van der Waals surface area contributed by atoms with Crippen LogP contribution in [0.2, 0.25) is 0 Å². The SMILES string of the molecule is CCOC(=O)C1CCN(CCn2ccnc2C)CC1. The molecule has 1 aliphatic rings. The third-order valence-electron chi connectivity index (χ3n) is 3.79. The minimum atomic E-state index is -0.0207. The number of hydrogen-bond acceptors (Lipinski definition) is 4. The van der Waals surface area contributed by atoms with Crippen LogP contribution in [0.15, 0.2) is 12.4 Å². The summed E-state index contributed by atoms with van der Waals surface area (Å²) in [4.78, 5) is 18.3. The summed E-state index contributed by atoms with van der Waals surface area (Å²) in [6, 6.07) is 0. The molecule has 0 amide bonds. The Morgan fingerprint density at radius 1 is 1.42 bits per heavy atom. The number of likely N-dealkylation sites (tertiary alicyclic amines) is 1. The molecule has 0 radical (unpaired) electrons. The molecule has 0 atom stereocenters. The Morgan fingerprint density at radius 3 is 2.74 bits per heavy atom. The summed E-state index contributed by atoms with van der Waals surface area (Å²) in [6.07, 6.45) is 5.69. The van der Waals surface area contributed by atoms with Crippen LogP contribution in [-0.4, -0.2) is 46.7 Å². The lowest BCUT2D eigenvalue weighted by Gasteiger charge is -2.30. The Balaban J connectivity index is 1.72. The predicted molar refractivity (Wildman–Crippen MR) is 72.8 cm³/mol. The first kappa shape index (κ1) is 14.1. The quantitative estimate of drug-likeness (QED) is 0.756. The van der Waals surface area contributed by atoms with Crippen LogP contribution in [0, 0.1) is 12.8 Å². The van der Waals surface area contributed by atoms with Crippen LogP contribution in [0.1, 0.15) is 25.6 Å². The van der Waals surface area contributed by atoms with Crippen LogP contribution in [0.4, 0.5) is 0 Å². The van der Waals surface area contributed by atoms with Gasteiger partial charge in [-0.3, -0.25) is 4.79 Å². The maximum absolute atomic E-state index is 11.6. The minimum Gasteiger partial charge on any atom is -0.466 e. The maximum atomic E-state index is 11.6. The van der Waals surface area contributed by atoms with E-state index in [0.717, 1.165) is 44.8 Å². The van der Waals surface area contributed by atoms with Gasteiger partial charge in [0.15, 0.2) is 0 Å². The molecule has 1 aromatic heterocycles. The first-order valence-electron chi connectivity index (χ1n) is 7.07. The minimum absolute atomic E-state index is 0.0207. The Hall–Kier alpha value is -1.36. The third-order valence-corrected chi connectivity index (χ3v) is 3.79. The highest BCUT2D eigenvalue weighted by Gasteiger charge is 2.25. The molecule has 0 aliphatic carbocycles. The number of ether oxygens (including phenoxy) is 1. The van der Waals surface area contributed by atoms with Crippen LogP contribution in [0.3, 0.4) is 0 Å². The van der Waals surface area contributed by atoms with Gasteiger partial charge in [0.1, 0.15) is 5.82 Å². The molecule has 0 saturated carbocycles. The molecule has 2 heterocycles. The summed E-state index contributed by atoms with van der Waals surface area (Å²) in [5, 5.41) is 0. The molecule has 0 aromatic carbocycles. The molecule has 0 unspecified atom stereocenters. The van der Waals surface area contributed by atoms with E-state index in [2.05, 4.69) is 14.5 Å². The Kier molecular flexibility index (Phi) is 4.96. The molecular formula is C14H23N3O2. The van der Waals surface area contributed by atoms with Crippen molar-refractivity contribution in [1.29, 1.82) is 0 Å². The summed E-state index contributed by atoms with van der Waals surface area (Å²) >= 11 is 0. The number of nitrogens with zero attached hydrogens (tertiary/aromatic N) is 3. The van der Waals surface area contributed by atoms with Gasteiger partial charge in [0.25, 0.3) is 0 Å². The Morgan fingerprint density at radius 2 is 2.16 bits per heavy atom. The lowest BCUT2D eigenvalue weighted by atomic mass is 9.97. The second-order valence-electron chi connectivity index (χ2n) is 5.04. The van der Waals surface area contributed by atoms with Crippen molar-refractivity contribution in [3.8, 4) is 0 Å². The molecule has 0 spiro atoms. The van der Waals surface area contributed by atoms with Crippen molar-refractivity contribution in [2.24, 2.45) is 5.92 Å². The largest absolute Gasteiger partial charge is 0.466 e.